The summed E-state index contributed by atoms with van der Waals surface area (Å²) in [5, 5.41) is 3.68. The maximum atomic E-state index is 5.54. The van der Waals surface area contributed by atoms with Gasteiger partial charge in [-0.15, -0.1) is 11.6 Å². The van der Waals surface area contributed by atoms with E-state index >= 15 is 0 Å². The van der Waals surface area contributed by atoms with Crippen LogP contribution in [-0.2, 0) is 5.88 Å². The molecular formula is C8H5BrClN3O. The number of alkyl halides is 1. The van der Waals surface area contributed by atoms with Crippen LogP contribution in [-0.4, -0.2) is 15.1 Å². The van der Waals surface area contributed by atoms with Crippen molar-refractivity contribution in [2.45, 2.75) is 5.88 Å². The molecule has 2 heterocycles. The molecule has 72 valence electrons. The second-order valence-electron chi connectivity index (χ2n) is 2.52. The van der Waals surface area contributed by atoms with Crippen molar-refractivity contribution in [2.75, 3.05) is 0 Å². The van der Waals surface area contributed by atoms with Crippen molar-refractivity contribution in [3.63, 3.8) is 0 Å². The fourth-order valence-electron chi connectivity index (χ4n) is 0.928. The summed E-state index contributed by atoms with van der Waals surface area (Å²) in [5.74, 6) is 1.15. The minimum atomic E-state index is 0.244. The Morgan fingerprint density at radius 3 is 2.86 bits per heavy atom. The Labute approximate surface area is 93.4 Å². The van der Waals surface area contributed by atoms with E-state index in [-0.39, 0.29) is 5.88 Å². The van der Waals surface area contributed by atoms with Gasteiger partial charge < -0.3 is 4.52 Å². The first kappa shape index (κ1) is 9.61. The van der Waals surface area contributed by atoms with Gasteiger partial charge in [0.05, 0.1) is 11.4 Å². The molecule has 4 nitrogen and oxygen atoms in total. The summed E-state index contributed by atoms with van der Waals surface area (Å²) in [7, 11) is 0. The summed E-state index contributed by atoms with van der Waals surface area (Å²) >= 11 is 8.78. The van der Waals surface area contributed by atoms with Crippen LogP contribution in [0.25, 0.3) is 11.5 Å². The highest BCUT2D eigenvalue weighted by Gasteiger charge is 2.07. The average Bonchev–Trinajstić information content (AvgIpc) is 2.67. The Morgan fingerprint density at radius 1 is 1.43 bits per heavy atom. The standard InChI is InChI=1S/C8H5BrClN3O/c9-6-2-1-5(4-11-6)8-12-7(3-10)13-14-8/h1-2,4H,3H2. The topological polar surface area (TPSA) is 51.8 Å². The highest BCUT2D eigenvalue weighted by molar-refractivity contribution is 9.10. The van der Waals surface area contributed by atoms with Gasteiger partial charge in [-0.05, 0) is 28.1 Å². The number of hydrogen-bond donors (Lipinski definition) is 0. The van der Waals surface area contributed by atoms with Crippen molar-refractivity contribution in [1.29, 1.82) is 0 Å². The van der Waals surface area contributed by atoms with Crippen LogP contribution in [0.5, 0.6) is 0 Å². The first-order valence-corrected chi connectivity index (χ1v) is 5.13. The van der Waals surface area contributed by atoms with E-state index in [1.165, 1.54) is 0 Å². The van der Waals surface area contributed by atoms with Gasteiger partial charge in [0.25, 0.3) is 5.89 Å². The number of nitrogens with zero attached hydrogens (tertiary/aromatic N) is 3. The molecule has 0 saturated carbocycles. The Balaban J connectivity index is 2.34. The zero-order valence-corrected chi connectivity index (χ0v) is 9.29. The van der Waals surface area contributed by atoms with Crippen molar-refractivity contribution < 1.29 is 4.52 Å². The molecule has 6 heteroatoms. The van der Waals surface area contributed by atoms with Crippen LogP contribution >= 0.6 is 27.5 Å². The van der Waals surface area contributed by atoms with E-state index < -0.39 is 0 Å². The first-order valence-electron chi connectivity index (χ1n) is 3.80. The van der Waals surface area contributed by atoms with Crippen LogP contribution in [0.15, 0.2) is 27.5 Å². The predicted octanol–water partition coefficient (Wildman–Crippen LogP) is 2.63. The average molecular weight is 275 g/mol. The monoisotopic (exact) mass is 273 g/mol. The molecule has 0 unspecified atom stereocenters. The zero-order chi connectivity index (χ0) is 9.97. The van der Waals surface area contributed by atoms with E-state index in [2.05, 4.69) is 31.1 Å². The summed E-state index contributed by atoms with van der Waals surface area (Å²) in [6.45, 7) is 0. The van der Waals surface area contributed by atoms with E-state index in [0.29, 0.717) is 11.7 Å². The maximum absolute atomic E-state index is 5.54. The lowest BCUT2D eigenvalue weighted by Crippen LogP contribution is -1.82. The maximum Gasteiger partial charge on any atom is 0.259 e. The van der Waals surface area contributed by atoms with Crippen LogP contribution in [0, 0.1) is 0 Å². The van der Waals surface area contributed by atoms with Crippen molar-refractivity contribution in [3.8, 4) is 11.5 Å². The van der Waals surface area contributed by atoms with E-state index in [1.807, 2.05) is 6.07 Å². The Morgan fingerprint density at radius 2 is 2.29 bits per heavy atom. The third kappa shape index (κ3) is 1.93. The van der Waals surface area contributed by atoms with Crippen LogP contribution < -0.4 is 0 Å². The molecule has 0 fully saturated rings. The molecule has 0 aliphatic rings. The minimum Gasteiger partial charge on any atom is -0.334 e. The third-order valence-electron chi connectivity index (χ3n) is 1.56. The molecule has 0 atom stereocenters. The van der Waals surface area contributed by atoms with E-state index in [9.17, 15) is 0 Å². The van der Waals surface area contributed by atoms with Crippen molar-refractivity contribution in [2.24, 2.45) is 0 Å². The first-order chi connectivity index (χ1) is 6.79. The number of hydrogen-bond acceptors (Lipinski definition) is 4. The molecule has 0 saturated heterocycles. The second kappa shape index (κ2) is 4.06. The molecule has 0 spiro atoms. The van der Waals surface area contributed by atoms with Gasteiger partial charge in [0, 0.05) is 6.20 Å². The summed E-state index contributed by atoms with van der Waals surface area (Å²) in [5.41, 5.74) is 0.775. The van der Waals surface area contributed by atoms with Crippen molar-refractivity contribution in [1.82, 2.24) is 15.1 Å². The molecule has 2 rings (SSSR count). The largest absolute Gasteiger partial charge is 0.334 e. The van der Waals surface area contributed by atoms with Crippen LogP contribution in [0.4, 0.5) is 0 Å². The van der Waals surface area contributed by atoms with Crippen molar-refractivity contribution in [3.05, 3.63) is 28.8 Å². The van der Waals surface area contributed by atoms with Gasteiger partial charge >= 0.3 is 0 Å². The smallest absolute Gasteiger partial charge is 0.259 e. The van der Waals surface area contributed by atoms with Crippen LogP contribution in [0.2, 0.25) is 0 Å². The van der Waals surface area contributed by atoms with Gasteiger partial charge in [-0.1, -0.05) is 5.16 Å². The van der Waals surface area contributed by atoms with E-state index in [4.69, 9.17) is 16.1 Å². The molecule has 0 bridgehead atoms. The third-order valence-corrected chi connectivity index (χ3v) is 2.27. The lowest BCUT2D eigenvalue weighted by molar-refractivity contribution is 0.425. The number of halogens is 2. The van der Waals surface area contributed by atoms with Gasteiger partial charge in [0.2, 0.25) is 0 Å². The molecule has 0 amide bonds. The number of rotatable bonds is 2. The van der Waals surface area contributed by atoms with E-state index in [1.54, 1.807) is 12.3 Å². The molecule has 2 aromatic rings. The summed E-state index contributed by atoms with van der Waals surface area (Å²) in [4.78, 5) is 8.11. The van der Waals surface area contributed by atoms with Gasteiger partial charge in [-0.25, -0.2) is 4.98 Å². The predicted molar refractivity (Wildman–Crippen MR) is 54.8 cm³/mol. The molecule has 0 aliphatic heterocycles. The van der Waals surface area contributed by atoms with Crippen molar-refractivity contribution >= 4 is 27.5 Å². The molecular weight excluding hydrogens is 269 g/mol. The number of aromatic nitrogens is 3. The molecule has 0 aromatic carbocycles. The quantitative estimate of drug-likeness (QED) is 0.624. The lowest BCUT2D eigenvalue weighted by atomic mass is 10.3. The summed E-state index contributed by atoms with van der Waals surface area (Å²) in [6, 6.07) is 3.64. The lowest BCUT2D eigenvalue weighted by Gasteiger charge is -1.92. The minimum absolute atomic E-state index is 0.244. The fourth-order valence-corrected chi connectivity index (χ4v) is 1.27. The van der Waals surface area contributed by atoms with Gasteiger partial charge in [-0.3, -0.25) is 0 Å². The normalized spacial score (nSPS) is 10.4. The van der Waals surface area contributed by atoms with Gasteiger partial charge in [-0.2, -0.15) is 4.98 Å². The van der Waals surface area contributed by atoms with E-state index in [0.717, 1.165) is 10.2 Å². The highest BCUT2D eigenvalue weighted by Crippen LogP contribution is 2.17. The molecule has 0 radical (unpaired) electrons. The molecule has 14 heavy (non-hydrogen) atoms. The second-order valence-corrected chi connectivity index (χ2v) is 3.60. The van der Waals surface area contributed by atoms with Gasteiger partial charge in [0.15, 0.2) is 5.82 Å². The molecule has 0 aliphatic carbocycles. The van der Waals surface area contributed by atoms with Crippen LogP contribution in [0.1, 0.15) is 5.82 Å². The zero-order valence-electron chi connectivity index (χ0n) is 6.94. The molecule has 0 N–H and O–H groups in total. The highest BCUT2D eigenvalue weighted by atomic mass is 79.9. The summed E-state index contributed by atoms with van der Waals surface area (Å²) < 4.78 is 5.74. The SMILES string of the molecule is ClCc1noc(-c2ccc(Br)nc2)n1. The Hall–Kier alpha value is -0.940. The number of pyridine rings is 1. The Bertz CT molecular complexity index is 428. The fraction of sp³-hybridized carbons (Fsp3) is 0.125. The summed E-state index contributed by atoms with van der Waals surface area (Å²) in [6.07, 6.45) is 1.65. The van der Waals surface area contributed by atoms with Gasteiger partial charge in [0.1, 0.15) is 4.60 Å². The van der Waals surface area contributed by atoms with Crippen LogP contribution in [0.3, 0.4) is 0 Å². The Kier molecular flexibility index (Phi) is 2.79. The molecule has 2 aromatic heterocycles.